The lowest BCUT2D eigenvalue weighted by Gasteiger charge is -2.31. The van der Waals surface area contributed by atoms with Gasteiger partial charge in [0.05, 0.1) is 12.5 Å². The number of fused-ring (bicyclic) bond motifs is 1. The Hall–Kier alpha value is -2.18. The molecule has 0 N–H and O–H groups in total. The molecule has 0 spiro atoms. The first-order valence-corrected chi connectivity index (χ1v) is 6.86. The zero-order valence-corrected chi connectivity index (χ0v) is 11.4. The van der Waals surface area contributed by atoms with E-state index in [-0.39, 0.29) is 11.9 Å². The van der Waals surface area contributed by atoms with Gasteiger partial charge in [0.1, 0.15) is 12.1 Å². The molecule has 1 aliphatic heterocycles. The molecule has 1 saturated heterocycles. The highest BCUT2D eigenvalue weighted by atomic mass is 16.5. The Morgan fingerprint density at radius 1 is 1.40 bits per heavy atom. The molecular formula is C13H17N5O2. The minimum absolute atomic E-state index is 0.0184. The Labute approximate surface area is 116 Å². The Morgan fingerprint density at radius 3 is 2.95 bits per heavy atom. The smallest absolute Gasteiger partial charge is 0.309 e. The number of nitrogens with zero attached hydrogens (tertiary/aromatic N) is 5. The Morgan fingerprint density at radius 2 is 2.20 bits per heavy atom. The molecule has 0 aliphatic carbocycles. The van der Waals surface area contributed by atoms with Gasteiger partial charge in [-0.1, -0.05) is 0 Å². The topological polar surface area (TPSA) is 72.6 Å². The molecule has 0 aromatic carbocycles. The van der Waals surface area contributed by atoms with Crippen LogP contribution in [-0.4, -0.2) is 45.5 Å². The third kappa shape index (κ3) is 2.43. The van der Waals surface area contributed by atoms with Gasteiger partial charge in [0, 0.05) is 13.1 Å². The normalized spacial score (nSPS) is 16.6. The van der Waals surface area contributed by atoms with Crippen LogP contribution >= 0.6 is 0 Å². The van der Waals surface area contributed by atoms with E-state index in [9.17, 15) is 4.79 Å². The average molecular weight is 275 g/mol. The van der Waals surface area contributed by atoms with E-state index in [0.29, 0.717) is 6.61 Å². The number of hydrogen-bond donors (Lipinski definition) is 0. The SMILES string of the molecule is CCOC(=O)C1CCN(c2ccc3nncn3n2)CC1. The van der Waals surface area contributed by atoms with Crippen LogP contribution in [0.1, 0.15) is 19.8 Å². The molecule has 0 saturated carbocycles. The van der Waals surface area contributed by atoms with Crippen molar-refractivity contribution in [3.05, 3.63) is 18.5 Å². The number of esters is 1. The van der Waals surface area contributed by atoms with Crippen LogP contribution in [0.5, 0.6) is 0 Å². The highest BCUT2D eigenvalue weighted by Gasteiger charge is 2.26. The van der Waals surface area contributed by atoms with Gasteiger partial charge < -0.3 is 9.64 Å². The second-order valence-electron chi connectivity index (χ2n) is 4.84. The van der Waals surface area contributed by atoms with Crippen LogP contribution in [0.4, 0.5) is 5.82 Å². The third-order valence-electron chi connectivity index (χ3n) is 3.59. The molecule has 106 valence electrons. The first-order valence-electron chi connectivity index (χ1n) is 6.86. The van der Waals surface area contributed by atoms with Crippen LogP contribution in [0.15, 0.2) is 18.5 Å². The van der Waals surface area contributed by atoms with Gasteiger partial charge in [0.25, 0.3) is 0 Å². The van der Waals surface area contributed by atoms with Gasteiger partial charge in [0.2, 0.25) is 0 Å². The Kier molecular flexibility index (Phi) is 3.49. The summed E-state index contributed by atoms with van der Waals surface area (Å²) in [5.74, 6) is 0.832. The monoisotopic (exact) mass is 275 g/mol. The summed E-state index contributed by atoms with van der Waals surface area (Å²) in [5.41, 5.74) is 0.732. The lowest BCUT2D eigenvalue weighted by Crippen LogP contribution is -2.37. The molecule has 0 atom stereocenters. The molecule has 3 heterocycles. The third-order valence-corrected chi connectivity index (χ3v) is 3.59. The predicted molar refractivity (Wildman–Crippen MR) is 72.4 cm³/mol. The van der Waals surface area contributed by atoms with Crippen molar-refractivity contribution in [3.63, 3.8) is 0 Å². The zero-order chi connectivity index (χ0) is 13.9. The molecule has 2 aromatic rings. The summed E-state index contributed by atoms with van der Waals surface area (Å²) < 4.78 is 6.74. The van der Waals surface area contributed by atoms with E-state index in [1.54, 1.807) is 10.8 Å². The molecule has 7 nitrogen and oxygen atoms in total. The zero-order valence-electron chi connectivity index (χ0n) is 11.4. The number of carbonyl (C=O) groups is 1. The summed E-state index contributed by atoms with van der Waals surface area (Å²) in [6.07, 6.45) is 3.20. The van der Waals surface area contributed by atoms with Crippen LogP contribution in [0.2, 0.25) is 0 Å². The van der Waals surface area contributed by atoms with Gasteiger partial charge in [-0.25, -0.2) is 0 Å². The largest absolute Gasteiger partial charge is 0.466 e. The summed E-state index contributed by atoms with van der Waals surface area (Å²) in [6.45, 7) is 3.91. The number of rotatable bonds is 3. The lowest BCUT2D eigenvalue weighted by molar-refractivity contribution is -0.148. The van der Waals surface area contributed by atoms with Crippen molar-refractivity contribution in [2.75, 3.05) is 24.6 Å². The van der Waals surface area contributed by atoms with Crippen LogP contribution in [-0.2, 0) is 9.53 Å². The highest BCUT2D eigenvalue weighted by molar-refractivity contribution is 5.72. The van der Waals surface area contributed by atoms with E-state index < -0.39 is 0 Å². The van der Waals surface area contributed by atoms with E-state index in [1.807, 2.05) is 19.1 Å². The van der Waals surface area contributed by atoms with Gasteiger partial charge in [-0.15, -0.1) is 15.3 Å². The standard InChI is InChI=1S/C13H17N5O2/c1-2-20-13(19)10-5-7-17(8-6-10)12-4-3-11-15-14-9-18(11)16-12/h3-4,9-10H,2,5-8H2,1H3. The number of ether oxygens (including phenoxy) is 1. The van der Waals surface area contributed by atoms with Crippen molar-refractivity contribution in [2.24, 2.45) is 5.92 Å². The molecule has 0 amide bonds. The summed E-state index contributed by atoms with van der Waals surface area (Å²) in [4.78, 5) is 13.9. The first-order chi connectivity index (χ1) is 9.78. The molecule has 0 unspecified atom stereocenters. The molecule has 1 fully saturated rings. The average Bonchev–Trinajstić information content (AvgIpc) is 2.95. The minimum atomic E-state index is -0.0747. The van der Waals surface area contributed by atoms with Gasteiger partial charge in [-0.05, 0) is 31.9 Å². The fraction of sp³-hybridized carbons (Fsp3) is 0.538. The summed E-state index contributed by atoms with van der Waals surface area (Å²) in [6, 6.07) is 3.83. The number of hydrogen-bond acceptors (Lipinski definition) is 6. The van der Waals surface area contributed by atoms with E-state index in [0.717, 1.165) is 37.4 Å². The van der Waals surface area contributed by atoms with Crippen molar-refractivity contribution >= 4 is 17.4 Å². The fourth-order valence-corrected chi connectivity index (χ4v) is 2.49. The Bertz CT molecular complexity index is 604. The summed E-state index contributed by atoms with van der Waals surface area (Å²) >= 11 is 0. The molecule has 20 heavy (non-hydrogen) atoms. The number of carbonyl (C=O) groups excluding carboxylic acids is 1. The number of piperidine rings is 1. The van der Waals surface area contributed by atoms with Gasteiger partial charge in [-0.2, -0.15) is 4.52 Å². The van der Waals surface area contributed by atoms with Gasteiger partial charge >= 0.3 is 5.97 Å². The van der Waals surface area contributed by atoms with Gasteiger partial charge in [-0.3, -0.25) is 4.79 Å². The second kappa shape index (κ2) is 5.44. The molecular weight excluding hydrogens is 258 g/mol. The van der Waals surface area contributed by atoms with Crippen molar-refractivity contribution in [3.8, 4) is 0 Å². The van der Waals surface area contributed by atoms with Crippen molar-refractivity contribution in [1.82, 2.24) is 19.8 Å². The maximum absolute atomic E-state index is 11.7. The van der Waals surface area contributed by atoms with Gasteiger partial charge in [0.15, 0.2) is 5.65 Å². The maximum Gasteiger partial charge on any atom is 0.309 e. The number of aromatic nitrogens is 4. The first kappa shape index (κ1) is 12.8. The molecule has 1 aliphatic rings. The van der Waals surface area contributed by atoms with Crippen LogP contribution < -0.4 is 4.90 Å². The van der Waals surface area contributed by atoms with Crippen molar-refractivity contribution in [1.29, 1.82) is 0 Å². The predicted octanol–water partition coefficient (Wildman–Crippen LogP) is 0.904. The summed E-state index contributed by atoms with van der Waals surface area (Å²) in [7, 11) is 0. The molecule has 2 aromatic heterocycles. The molecule has 7 heteroatoms. The van der Waals surface area contributed by atoms with E-state index in [2.05, 4.69) is 20.2 Å². The van der Waals surface area contributed by atoms with Crippen molar-refractivity contribution < 1.29 is 9.53 Å². The maximum atomic E-state index is 11.7. The van der Waals surface area contributed by atoms with E-state index in [1.165, 1.54) is 0 Å². The Balaban J connectivity index is 1.66. The van der Waals surface area contributed by atoms with E-state index >= 15 is 0 Å². The van der Waals surface area contributed by atoms with Crippen LogP contribution in [0.25, 0.3) is 5.65 Å². The highest BCUT2D eigenvalue weighted by Crippen LogP contribution is 2.22. The second-order valence-corrected chi connectivity index (χ2v) is 4.84. The molecule has 0 bridgehead atoms. The van der Waals surface area contributed by atoms with Crippen molar-refractivity contribution in [2.45, 2.75) is 19.8 Å². The minimum Gasteiger partial charge on any atom is -0.466 e. The quantitative estimate of drug-likeness (QED) is 0.775. The van der Waals surface area contributed by atoms with E-state index in [4.69, 9.17) is 4.74 Å². The molecule has 0 radical (unpaired) electrons. The fourth-order valence-electron chi connectivity index (χ4n) is 2.49. The lowest BCUT2D eigenvalue weighted by atomic mass is 9.97. The van der Waals surface area contributed by atoms with Crippen LogP contribution in [0.3, 0.4) is 0 Å². The number of anilines is 1. The van der Waals surface area contributed by atoms with Crippen LogP contribution in [0, 0.1) is 5.92 Å². The summed E-state index contributed by atoms with van der Waals surface area (Å²) in [5, 5.41) is 12.2. The molecule has 3 rings (SSSR count).